The normalized spacial score (nSPS) is 10.7. The SMILES string of the molecule is COc1nc(Nc2ccc(-n3cnc(C)c3)c(OC)c2)nc(Oc2cc(F)c(F)c(F)c2)n1.[HH]. The molecular weight excluding hydrogens is 441 g/mol. The van der Waals surface area contributed by atoms with Gasteiger partial charge in [-0.25, -0.2) is 18.2 Å². The molecule has 9 nitrogen and oxygen atoms in total. The third kappa shape index (κ3) is 4.79. The van der Waals surface area contributed by atoms with Gasteiger partial charge in [0.1, 0.15) is 11.5 Å². The van der Waals surface area contributed by atoms with Crippen molar-refractivity contribution in [2.75, 3.05) is 19.5 Å². The molecule has 2 aromatic heterocycles. The number of halogens is 3. The Labute approximate surface area is 187 Å². The third-order valence-corrected chi connectivity index (χ3v) is 4.37. The minimum Gasteiger partial charge on any atom is -0.494 e. The highest BCUT2D eigenvalue weighted by molar-refractivity contribution is 5.62. The maximum atomic E-state index is 13.5. The number of nitrogens with one attached hydrogen (secondary N) is 1. The number of rotatable bonds is 7. The molecule has 0 aliphatic heterocycles. The van der Waals surface area contributed by atoms with E-state index in [9.17, 15) is 13.2 Å². The third-order valence-electron chi connectivity index (χ3n) is 4.37. The van der Waals surface area contributed by atoms with Crippen LogP contribution >= 0.6 is 0 Å². The molecule has 0 amide bonds. The number of hydrogen-bond acceptors (Lipinski definition) is 8. The van der Waals surface area contributed by atoms with Crippen molar-refractivity contribution in [1.82, 2.24) is 24.5 Å². The molecule has 0 aliphatic carbocycles. The number of nitrogens with zero attached hydrogens (tertiary/aromatic N) is 5. The van der Waals surface area contributed by atoms with E-state index >= 15 is 0 Å². The second-order valence-electron chi connectivity index (χ2n) is 6.67. The van der Waals surface area contributed by atoms with Gasteiger partial charge in [0.05, 0.1) is 31.9 Å². The molecule has 0 saturated heterocycles. The topological polar surface area (TPSA) is 96.2 Å². The summed E-state index contributed by atoms with van der Waals surface area (Å²) in [6.07, 6.45) is 3.52. The van der Waals surface area contributed by atoms with Crippen molar-refractivity contribution < 1.29 is 28.8 Å². The average Bonchev–Trinajstić information content (AvgIpc) is 3.23. The fraction of sp³-hybridized carbons (Fsp3) is 0.143. The Morgan fingerprint density at radius 3 is 2.30 bits per heavy atom. The van der Waals surface area contributed by atoms with Gasteiger partial charge in [-0.3, -0.25) is 0 Å². The Bertz CT molecular complexity index is 1300. The second kappa shape index (κ2) is 9.02. The summed E-state index contributed by atoms with van der Waals surface area (Å²) in [4.78, 5) is 16.2. The first kappa shape index (κ1) is 21.9. The van der Waals surface area contributed by atoms with E-state index in [1.54, 1.807) is 18.5 Å². The summed E-state index contributed by atoms with van der Waals surface area (Å²) in [5.74, 6) is -4.21. The van der Waals surface area contributed by atoms with Gasteiger partial charge in [-0.2, -0.15) is 9.97 Å². The zero-order valence-electron chi connectivity index (χ0n) is 17.6. The molecule has 0 saturated carbocycles. The number of anilines is 2. The van der Waals surface area contributed by atoms with E-state index < -0.39 is 17.5 Å². The molecule has 0 spiro atoms. The molecule has 33 heavy (non-hydrogen) atoms. The van der Waals surface area contributed by atoms with Crippen LogP contribution in [0.5, 0.6) is 23.5 Å². The van der Waals surface area contributed by atoms with Gasteiger partial charge in [-0.05, 0) is 19.1 Å². The molecule has 0 atom stereocenters. The lowest BCUT2D eigenvalue weighted by Crippen LogP contribution is -2.05. The summed E-state index contributed by atoms with van der Waals surface area (Å²) in [6.45, 7) is 1.88. The lowest BCUT2D eigenvalue weighted by atomic mass is 10.2. The van der Waals surface area contributed by atoms with Crippen LogP contribution in [0.4, 0.5) is 24.8 Å². The van der Waals surface area contributed by atoms with Crippen LogP contribution in [-0.4, -0.2) is 38.7 Å². The quantitative estimate of drug-likeness (QED) is 0.401. The zero-order chi connectivity index (χ0) is 23.5. The van der Waals surface area contributed by atoms with Gasteiger partial charge in [0.15, 0.2) is 17.5 Å². The highest BCUT2D eigenvalue weighted by Crippen LogP contribution is 2.29. The first-order valence-electron chi connectivity index (χ1n) is 9.44. The largest absolute Gasteiger partial charge is 0.494 e. The molecule has 4 aromatic rings. The highest BCUT2D eigenvalue weighted by Gasteiger charge is 2.15. The van der Waals surface area contributed by atoms with Crippen LogP contribution in [0.2, 0.25) is 0 Å². The fourth-order valence-corrected chi connectivity index (χ4v) is 2.88. The summed E-state index contributed by atoms with van der Waals surface area (Å²) in [5.41, 5.74) is 2.18. The predicted molar refractivity (Wildman–Crippen MR) is 113 cm³/mol. The van der Waals surface area contributed by atoms with Crippen molar-refractivity contribution in [2.45, 2.75) is 6.92 Å². The van der Waals surface area contributed by atoms with Gasteiger partial charge >= 0.3 is 12.0 Å². The van der Waals surface area contributed by atoms with Gasteiger partial charge in [0, 0.05) is 31.5 Å². The molecule has 0 aliphatic rings. The lowest BCUT2D eigenvalue weighted by molar-refractivity contribution is 0.357. The van der Waals surface area contributed by atoms with Gasteiger partial charge < -0.3 is 24.1 Å². The summed E-state index contributed by atoms with van der Waals surface area (Å²) in [6, 6.07) is 6.17. The van der Waals surface area contributed by atoms with Crippen LogP contribution in [0.15, 0.2) is 42.9 Å². The molecule has 0 radical (unpaired) electrons. The van der Waals surface area contributed by atoms with Crippen molar-refractivity contribution in [3.8, 4) is 29.2 Å². The molecule has 4 rings (SSSR count). The molecule has 2 aromatic carbocycles. The van der Waals surface area contributed by atoms with Gasteiger partial charge in [0.2, 0.25) is 5.95 Å². The number of ether oxygens (including phenoxy) is 3. The van der Waals surface area contributed by atoms with Crippen molar-refractivity contribution in [2.24, 2.45) is 0 Å². The number of hydrogen-bond donors (Lipinski definition) is 1. The number of aromatic nitrogens is 5. The van der Waals surface area contributed by atoms with Crippen LogP contribution in [0.25, 0.3) is 5.69 Å². The summed E-state index contributed by atoms with van der Waals surface area (Å²) in [7, 11) is 2.86. The maximum absolute atomic E-state index is 13.5. The highest BCUT2D eigenvalue weighted by atomic mass is 19.2. The van der Waals surface area contributed by atoms with E-state index in [2.05, 4.69) is 25.3 Å². The minimum atomic E-state index is -1.61. The van der Waals surface area contributed by atoms with Gasteiger partial charge in [-0.1, -0.05) is 0 Å². The molecule has 0 fully saturated rings. The minimum absolute atomic E-state index is 0. The molecule has 1 N–H and O–H groups in total. The number of benzene rings is 2. The Hall–Kier alpha value is -4.35. The Balaban J connectivity index is 0.00000324. The van der Waals surface area contributed by atoms with Crippen LogP contribution in [0.1, 0.15) is 7.12 Å². The Morgan fingerprint density at radius 1 is 0.939 bits per heavy atom. The second-order valence-corrected chi connectivity index (χ2v) is 6.67. The number of methoxy groups -OCH3 is 2. The van der Waals surface area contributed by atoms with Crippen molar-refractivity contribution in [3.05, 3.63) is 66.0 Å². The van der Waals surface area contributed by atoms with Crippen LogP contribution in [0, 0.1) is 24.4 Å². The molecule has 2 heterocycles. The fourth-order valence-electron chi connectivity index (χ4n) is 2.88. The van der Waals surface area contributed by atoms with E-state index in [0.717, 1.165) is 11.4 Å². The molecule has 12 heteroatoms. The van der Waals surface area contributed by atoms with E-state index in [1.165, 1.54) is 14.2 Å². The van der Waals surface area contributed by atoms with Crippen LogP contribution < -0.4 is 19.5 Å². The molecule has 0 unspecified atom stereocenters. The summed E-state index contributed by atoms with van der Waals surface area (Å²) < 4.78 is 57.7. The predicted octanol–water partition coefficient (Wildman–Crippen LogP) is 4.58. The average molecular weight is 460 g/mol. The number of imidazole rings is 1. The molecular formula is C21H19F3N6O3. The van der Waals surface area contributed by atoms with Crippen molar-refractivity contribution in [3.63, 3.8) is 0 Å². The Kier molecular flexibility index (Phi) is 5.98. The van der Waals surface area contributed by atoms with Gasteiger partial charge in [0.25, 0.3) is 0 Å². The first-order valence-corrected chi connectivity index (χ1v) is 9.44. The first-order chi connectivity index (χ1) is 15.9. The summed E-state index contributed by atoms with van der Waals surface area (Å²) >= 11 is 0. The van der Waals surface area contributed by atoms with E-state index in [-0.39, 0.29) is 25.1 Å². The van der Waals surface area contributed by atoms with Crippen molar-refractivity contribution in [1.29, 1.82) is 0 Å². The summed E-state index contributed by atoms with van der Waals surface area (Å²) in [5, 5.41) is 2.96. The monoisotopic (exact) mass is 460 g/mol. The Morgan fingerprint density at radius 2 is 1.67 bits per heavy atom. The molecule has 172 valence electrons. The lowest BCUT2D eigenvalue weighted by Gasteiger charge is -2.13. The maximum Gasteiger partial charge on any atom is 0.330 e. The zero-order valence-corrected chi connectivity index (χ0v) is 17.6. The van der Waals surface area contributed by atoms with Crippen LogP contribution in [0.3, 0.4) is 0 Å². The van der Waals surface area contributed by atoms with Gasteiger partial charge in [-0.15, -0.1) is 4.98 Å². The van der Waals surface area contributed by atoms with E-state index in [4.69, 9.17) is 14.2 Å². The standard InChI is InChI=1S/C21H17F3N6O3.H2/c1-11-9-30(10-25-11)16-5-4-12(6-17(16)31-2)26-19-27-20(32-3)29-21(28-19)33-13-7-14(22)18(24)15(23)8-13;/h4-10H,1-3H3,(H,26,27,28,29);1H. The van der Waals surface area contributed by atoms with Crippen molar-refractivity contribution >= 4 is 11.6 Å². The molecule has 0 bridgehead atoms. The number of aryl methyl sites for hydroxylation is 1. The van der Waals surface area contributed by atoms with Crippen LogP contribution in [-0.2, 0) is 0 Å². The van der Waals surface area contributed by atoms with E-state index in [0.29, 0.717) is 23.6 Å². The van der Waals surface area contributed by atoms with E-state index in [1.807, 2.05) is 23.8 Å². The smallest absolute Gasteiger partial charge is 0.330 e.